The normalized spacial score (nSPS) is 21.7. The summed E-state index contributed by atoms with van der Waals surface area (Å²) in [5.74, 6) is 0.745. The van der Waals surface area contributed by atoms with E-state index in [9.17, 15) is 9.90 Å². The van der Waals surface area contributed by atoms with E-state index in [0.717, 1.165) is 42.2 Å². The quantitative estimate of drug-likeness (QED) is 0.898. The van der Waals surface area contributed by atoms with E-state index < -0.39 is 17.9 Å². The van der Waals surface area contributed by atoms with Gasteiger partial charge in [-0.1, -0.05) is 12.1 Å². The fourth-order valence-electron chi connectivity index (χ4n) is 3.05. The molecule has 0 aromatic heterocycles. The van der Waals surface area contributed by atoms with E-state index >= 15 is 0 Å². The van der Waals surface area contributed by atoms with Crippen molar-refractivity contribution in [2.24, 2.45) is 5.92 Å². The maximum Gasteiger partial charge on any atom is 0.412 e. The number of nitrogens with zero attached hydrogens (tertiary/aromatic N) is 1. The molecule has 0 spiro atoms. The largest absolute Gasteiger partial charge is 0.444 e. The predicted molar refractivity (Wildman–Crippen MR) is 89.3 cm³/mol. The molecule has 2 aliphatic rings. The van der Waals surface area contributed by atoms with Crippen LogP contribution >= 0.6 is 0 Å². The summed E-state index contributed by atoms with van der Waals surface area (Å²) in [5.41, 5.74) is 2.12. The number of hydrogen-bond donors (Lipinski definition) is 2. The molecule has 2 N–H and O–H groups in total. The van der Waals surface area contributed by atoms with Crippen LogP contribution in [0.3, 0.4) is 0 Å². The van der Waals surface area contributed by atoms with Gasteiger partial charge in [-0.15, -0.1) is 0 Å². The third-order valence-corrected chi connectivity index (χ3v) is 4.31. The summed E-state index contributed by atoms with van der Waals surface area (Å²) < 4.78 is 5.32. The summed E-state index contributed by atoms with van der Waals surface area (Å²) in [5, 5.41) is 13.4. The lowest BCUT2D eigenvalue weighted by atomic mass is 9.96. The number of anilines is 1. The molecule has 23 heavy (non-hydrogen) atoms. The van der Waals surface area contributed by atoms with E-state index in [1.54, 1.807) is 0 Å². The highest BCUT2D eigenvalue weighted by Crippen LogP contribution is 2.36. The summed E-state index contributed by atoms with van der Waals surface area (Å²) in [6, 6.07) is 5.68. The number of carbonyl (C=O) groups is 1. The second-order valence-electron chi connectivity index (χ2n) is 7.56. The molecule has 0 radical (unpaired) electrons. The Balaban J connectivity index is 1.74. The number of hydrogen-bond acceptors (Lipinski definition) is 4. The van der Waals surface area contributed by atoms with Gasteiger partial charge in [0, 0.05) is 24.3 Å². The number of carbonyl (C=O) groups excluding carboxylic acids is 1. The molecule has 5 nitrogen and oxygen atoms in total. The van der Waals surface area contributed by atoms with Crippen LogP contribution in [0.4, 0.5) is 10.5 Å². The Labute approximate surface area is 137 Å². The van der Waals surface area contributed by atoms with Gasteiger partial charge in [0.15, 0.2) is 0 Å². The molecule has 126 valence electrons. The van der Waals surface area contributed by atoms with Crippen LogP contribution in [0.15, 0.2) is 18.2 Å². The molecule has 0 bridgehead atoms. The van der Waals surface area contributed by atoms with Crippen molar-refractivity contribution in [3.8, 4) is 0 Å². The summed E-state index contributed by atoms with van der Waals surface area (Å²) >= 11 is 0. The Hall–Kier alpha value is -1.59. The molecule has 5 heteroatoms. The Morgan fingerprint density at radius 2 is 2.13 bits per heavy atom. The second kappa shape index (κ2) is 6.13. The maximum absolute atomic E-state index is 12.0. The van der Waals surface area contributed by atoms with Crippen LogP contribution in [0.25, 0.3) is 0 Å². The highest BCUT2D eigenvalue weighted by Gasteiger charge is 2.32. The topological polar surface area (TPSA) is 61.8 Å². The van der Waals surface area contributed by atoms with Crippen LogP contribution in [0.2, 0.25) is 0 Å². The third-order valence-electron chi connectivity index (χ3n) is 4.31. The standard InChI is InChI=1S/C18H26N2O3/c1-18(2,3)23-17(22)19-15-6-4-5-14-13(15)9-10-20(16(14)21)11-12-7-8-12/h4-6,12,16,21H,7-11H2,1-3H3,(H,19,22). The van der Waals surface area contributed by atoms with Crippen LogP contribution in [0.5, 0.6) is 0 Å². The fourth-order valence-corrected chi connectivity index (χ4v) is 3.05. The average Bonchev–Trinajstić information content (AvgIpc) is 3.24. The van der Waals surface area contributed by atoms with Crippen LogP contribution < -0.4 is 5.32 Å². The lowest BCUT2D eigenvalue weighted by Gasteiger charge is -2.35. The van der Waals surface area contributed by atoms with Gasteiger partial charge in [0.2, 0.25) is 0 Å². The Morgan fingerprint density at radius 1 is 1.39 bits per heavy atom. The molecule has 1 aromatic carbocycles. The lowest BCUT2D eigenvalue weighted by molar-refractivity contribution is -0.00916. The monoisotopic (exact) mass is 318 g/mol. The van der Waals surface area contributed by atoms with E-state index in [1.807, 2.05) is 39.0 Å². The second-order valence-corrected chi connectivity index (χ2v) is 7.56. The van der Waals surface area contributed by atoms with Crippen molar-refractivity contribution >= 4 is 11.8 Å². The van der Waals surface area contributed by atoms with Crippen LogP contribution in [-0.2, 0) is 11.2 Å². The molecule has 0 saturated heterocycles. The number of ether oxygens (including phenoxy) is 1. The van der Waals surface area contributed by atoms with Gasteiger partial charge >= 0.3 is 6.09 Å². The first-order chi connectivity index (χ1) is 10.8. The Bertz CT molecular complexity index is 590. The summed E-state index contributed by atoms with van der Waals surface area (Å²) in [4.78, 5) is 14.1. The molecule has 1 heterocycles. The minimum Gasteiger partial charge on any atom is -0.444 e. The summed E-state index contributed by atoms with van der Waals surface area (Å²) in [6.45, 7) is 7.30. The molecule has 1 saturated carbocycles. The molecule has 1 fully saturated rings. The van der Waals surface area contributed by atoms with Gasteiger partial charge in [0.1, 0.15) is 11.8 Å². The average molecular weight is 318 g/mol. The van der Waals surface area contributed by atoms with E-state index in [4.69, 9.17) is 4.74 Å². The molecule has 1 aliphatic heterocycles. The van der Waals surface area contributed by atoms with E-state index in [0.29, 0.717) is 0 Å². The van der Waals surface area contributed by atoms with Gasteiger partial charge in [-0.3, -0.25) is 10.2 Å². The highest BCUT2D eigenvalue weighted by molar-refractivity contribution is 5.86. The molecular formula is C18H26N2O3. The van der Waals surface area contributed by atoms with Crippen LogP contribution in [-0.4, -0.2) is 34.8 Å². The first kappa shape index (κ1) is 16.3. The predicted octanol–water partition coefficient (Wildman–Crippen LogP) is 3.29. The first-order valence-corrected chi connectivity index (χ1v) is 8.37. The zero-order valence-corrected chi connectivity index (χ0v) is 14.1. The zero-order chi connectivity index (χ0) is 16.6. The molecule has 1 atom stereocenters. The number of amides is 1. The van der Waals surface area contributed by atoms with Gasteiger partial charge in [-0.2, -0.15) is 0 Å². The van der Waals surface area contributed by atoms with Crippen molar-refractivity contribution in [1.82, 2.24) is 4.90 Å². The van der Waals surface area contributed by atoms with Gasteiger partial charge in [0.05, 0.1) is 0 Å². The zero-order valence-electron chi connectivity index (χ0n) is 14.1. The number of rotatable bonds is 3. The van der Waals surface area contributed by atoms with E-state index in [1.165, 1.54) is 12.8 Å². The summed E-state index contributed by atoms with van der Waals surface area (Å²) in [7, 11) is 0. The number of aliphatic hydroxyl groups excluding tert-OH is 1. The molecule has 3 rings (SSSR count). The molecular weight excluding hydrogens is 292 g/mol. The van der Waals surface area contributed by atoms with Crippen molar-refractivity contribution in [3.05, 3.63) is 29.3 Å². The third kappa shape index (κ3) is 4.03. The number of fused-ring (bicyclic) bond motifs is 1. The lowest BCUT2D eigenvalue weighted by Crippen LogP contribution is -2.37. The van der Waals surface area contributed by atoms with E-state index in [2.05, 4.69) is 10.2 Å². The van der Waals surface area contributed by atoms with E-state index in [-0.39, 0.29) is 0 Å². The van der Waals surface area contributed by atoms with Gasteiger partial charge < -0.3 is 9.84 Å². The molecule has 1 amide bonds. The number of nitrogens with one attached hydrogen (secondary N) is 1. The first-order valence-electron chi connectivity index (χ1n) is 8.37. The highest BCUT2D eigenvalue weighted by atomic mass is 16.6. The van der Waals surface area contributed by atoms with Crippen molar-refractivity contribution in [1.29, 1.82) is 0 Å². The maximum atomic E-state index is 12.0. The van der Waals surface area contributed by atoms with Crippen molar-refractivity contribution < 1.29 is 14.6 Å². The fraction of sp³-hybridized carbons (Fsp3) is 0.611. The Kier molecular flexibility index (Phi) is 4.34. The molecule has 1 aliphatic carbocycles. The number of aliphatic hydroxyl groups is 1. The smallest absolute Gasteiger partial charge is 0.412 e. The van der Waals surface area contributed by atoms with Gasteiger partial charge in [-0.25, -0.2) is 4.79 Å². The van der Waals surface area contributed by atoms with Gasteiger partial charge in [-0.05, 0) is 57.6 Å². The summed E-state index contributed by atoms with van der Waals surface area (Å²) in [6.07, 6.45) is 2.33. The Morgan fingerprint density at radius 3 is 2.78 bits per heavy atom. The SMILES string of the molecule is CC(C)(C)OC(=O)Nc1cccc2c1CCN(CC1CC1)C2O. The molecule has 1 aromatic rings. The van der Waals surface area contributed by atoms with Crippen molar-refractivity contribution in [2.75, 3.05) is 18.4 Å². The molecule has 1 unspecified atom stereocenters. The van der Waals surface area contributed by atoms with Crippen molar-refractivity contribution in [2.45, 2.75) is 51.9 Å². The van der Waals surface area contributed by atoms with Crippen molar-refractivity contribution in [3.63, 3.8) is 0 Å². The minimum atomic E-state index is -0.584. The van der Waals surface area contributed by atoms with Gasteiger partial charge in [0.25, 0.3) is 0 Å². The minimum absolute atomic E-state index is 0.458. The number of benzene rings is 1. The van der Waals surface area contributed by atoms with Crippen LogP contribution in [0, 0.1) is 5.92 Å². The van der Waals surface area contributed by atoms with Crippen LogP contribution in [0.1, 0.15) is 51.0 Å².